The molecule has 1 saturated heterocycles. The number of amides is 1. The molecular weight excluding hydrogens is 376 g/mol. The summed E-state index contributed by atoms with van der Waals surface area (Å²) in [5.74, 6) is 1.27. The predicted octanol–water partition coefficient (Wildman–Crippen LogP) is 3.70. The van der Waals surface area contributed by atoms with Crippen molar-refractivity contribution in [3.63, 3.8) is 0 Å². The molecule has 0 spiro atoms. The van der Waals surface area contributed by atoms with Gasteiger partial charge in [-0.25, -0.2) is 4.98 Å². The first kappa shape index (κ1) is 17.7. The quantitative estimate of drug-likeness (QED) is 0.566. The van der Waals surface area contributed by atoms with E-state index in [2.05, 4.69) is 51.0 Å². The van der Waals surface area contributed by atoms with E-state index in [1.54, 1.807) is 0 Å². The smallest absolute Gasteiger partial charge is 0.244 e. The number of piperidine rings is 1. The lowest BCUT2D eigenvalue weighted by molar-refractivity contribution is -0.134. The average molecular weight is 403 g/mol. The molecule has 2 fully saturated rings. The molecule has 2 aliphatic rings. The molecule has 1 saturated carbocycles. The molecule has 5 heterocycles. The Morgan fingerprint density at radius 3 is 2.97 bits per heavy atom. The normalized spacial score (nSPS) is 22.2. The van der Waals surface area contributed by atoms with Crippen molar-refractivity contribution in [1.82, 2.24) is 29.2 Å². The van der Waals surface area contributed by atoms with Gasteiger partial charge in [0.1, 0.15) is 12.2 Å². The molecule has 7 nitrogen and oxygen atoms in total. The number of nitrogens with one attached hydrogen (secondary N) is 1. The number of aromatic amines is 1. The van der Waals surface area contributed by atoms with Crippen molar-refractivity contribution in [3.8, 4) is 0 Å². The molecule has 4 aromatic rings. The molecular formula is C23H26N6O. The molecule has 1 amide bonds. The van der Waals surface area contributed by atoms with Crippen LogP contribution in [0.2, 0.25) is 0 Å². The van der Waals surface area contributed by atoms with E-state index < -0.39 is 0 Å². The van der Waals surface area contributed by atoms with Crippen molar-refractivity contribution < 1.29 is 4.79 Å². The van der Waals surface area contributed by atoms with Gasteiger partial charge < -0.3 is 14.5 Å². The Bertz CT molecular complexity index is 1230. The largest absolute Gasteiger partial charge is 0.346 e. The first-order valence-electron chi connectivity index (χ1n) is 10.9. The molecule has 6 rings (SSSR count). The fourth-order valence-electron chi connectivity index (χ4n) is 4.87. The SMILES string of the molecule is C[C@@H]1CCN(C(=O)Cn2ccc(C3CC3)n2)C[C@@H]1n1ccc2cnc3[nH]ccc3c21. The van der Waals surface area contributed by atoms with Crippen molar-refractivity contribution >= 4 is 27.8 Å². The van der Waals surface area contributed by atoms with Gasteiger partial charge in [0, 0.05) is 54.6 Å². The van der Waals surface area contributed by atoms with Crippen LogP contribution in [-0.4, -0.2) is 48.2 Å². The van der Waals surface area contributed by atoms with Crippen molar-refractivity contribution in [2.45, 2.75) is 44.7 Å². The van der Waals surface area contributed by atoms with E-state index in [4.69, 9.17) is 0 Å². The number of hydrogen-bond acceptors (Lipinski definition) is 3. The van der Waals surface area contributed by atoms with Crippen LogP contribution in [0.25, 0.3) is 21.9 Å². The summed E-state index contributed by atoms with van der Waals surface area (Å²) in [6, 6.07) is 6.53. The van der Waals surface area contributed by atoms with Crippen LogP contribution in [0.1, 0.15) is 43.8 Å². The van der Waals surface area contributed by atoms with Crippen molar-refractivity contribution in [1.29, 1.82) is 0 Å². The van der Waals surface area contributed by atoms with E-state index in [9.17, 15) is 4.79 Å². The monoisotopic (exact) mass is 402 g/mol. The van der Waals surface area contributed by atoms with E-state index in [-0.39, 0.29) is 11.9 Å². The number of H-pyrrole nitrogens is 1. The molecule has 0 unspecified atom stereocenters. The number of aromatic nitrogens is 5. The van der Waals surface area contributed by atoms with Crippen LogP contribution in [0.3, 0.4) is 0 Å². The molecule has 7 heteroatoms. The molecule has 0 bridgehead atoms. The molecule has 1 N–H and O–H groups in total. The molecule has 0 radical (unpaired) electrons. The maximum absolute atomic E-state index is 13.1. The predicted molar refractivity (Wildman–Crippen MR) is 115 cm³/mol. The van der Waals surface area contributed by atoms with Crippen LogP contribution in [0.15, 0.2) is 43.0 Å². The van der Waals surface area contributed by atoms with Crippen molar-refractivity contribution in [2.24, 2.45) is 5.92 Å². The highest BCUT2D eigenvalue weighted by atomic mass is 16.2. The zero-order valence-electron chi connectivity index (χ0n) is 17.2. The van der Waals surface area contributed by atoms with Crippen LogP contribution < -0.4 is 0 Å². The highest BCUT2D eigenvalue weighted by molar-refractivity contribution is 6.02. The van der Waals surface area contributed by atoms with Gasteiger partial charge in [-0.3, -0.25) is 9.48 Å². The summed E-state index contributed by atoms with van der Waals surface area (Å²) in [5.41, 5.74) is 3.24. The molecule has 4 aromatic heterocycles. The number of hydrogen-bond donors (Lipinski definition) is 1. The maximum atomic E-state index is 13.1. The third-order valence-electron chi connectivity index (χ3n) is 6.84. The van der Waals surface area contributed by atoms with Crippen molar-refractivity contribution in [3.05, 3.63) is 48.7 Å². The number of fused-ring (bicyclic) bond motifs is 3. The van der Waals surface area contributed by atoms with Gasteiger partial charge in [-0.2, -0.15) is 5.10 Å². The van der Waals surface area contributed by atoms with Crippen LogP contribution in [-0.2, 0) is 11.3 Å². The molecule has 2 atom stereocenters. The number of nitrogens with zero attached hydrogens (tertiary/aromatic N) is 5. The van der Waals surface area contributed by atoms with E-state index in [0.29, 0.717) is 18.4 Å². The summed E-state index contributed by atoms with van der Waals surface area (Å²) >= 11 is 0. The topological polar surface area (TPSA) is 71.7 Å². The second kappa shape index (κ2) is 6.72. The third-order valence-corrected chi connectivity index (χ3v) is 6.84. The van der Waals surface area contributed by atoms with E-state index in [0.717, 1.165) is 41.6 Å². The minimum absolute atomic E-state index is 0.155. The summed E-state index contributed by atoms with van der Waals surface area (Å²) in [4.78, 5) is 22.8. The lowest BCUT2D eigenvalue weighted by Gasteiger charge is -2.38. The van der Waals surface area contributed by atoms with E-state index in [1.165, 1.54) is 18.4 Å². The molecule has 1 aliphatic heterocycles. The van der Waals surface area contributed by atoms with Gasteiger partial charge in [-0.1, -0.05) is 6.92 Å². The number of carbonyl (C=O) groups is 1. The van der Waals surface area contributed by atoms with Gasteiger partial charge >= 0.3 is 0 Å². The zero-order chi connectivity index (χ0) is 20.2. The number of pyridine rings is 1. The number of carbonyl (C=O) groups excluding carboxylic acids is 1. The van der Waals surface area contributed by atoms with Gasteiger partial charge in [0.2, 0.25) is 5.91 Å². The van der Waals surface area contributed by atoms with E-state index in [1.807, 2.05) is 28.2 Å². The summed E-state index contributed by atoms with van der Waals surface area (Å²) in [5, 5.41) is 6.89. The molecule has 30 heavy (non-hydrogen) atoms. The van der Waals surface area contributed by atoms with Crippen molar-refractivity contribution in [2.75, 3.05) is 13.1 Å². The Labute approximate surface area is 174 Å². The highest BCUT2D eigenvalue weighted by Gasteiger charge is 2.31. The minimum Gasteiger partial charge on any atom is -0.346 e. The standard InChI is InChI=1S/C23H26N6O/c1-15-5-9-27(21(30)14-28-10-7-19(26-28)16-2-3-16)13-20(15)29-11-6-17-12-25-23-18(22(17)29)4-8-24-23/h4,6-8,10-12,15-16,20H,2-3,5,9,13-14H2,1H3,(H,24,25)/t15-,20+/m1/s1. The number of likely N-dealkylation sites (tertiary alicyclic amines) is 1. The molecule has 0 aromatic carbocycles. The zero-order valence-corrected chi connectivity index (χ0v) is 17.2. The van der Waals surface area contributed by atoms with Gasteiger partial charge in [0.25, 0.3) is 0 Å². The first-order chi connectivity index (χ1) is 14.7. The van der Waals surface area contributed by atoms with Gasteiger partial charge in [0.15, 0.2) is 0 Å². The molecule has 154 valence electrons. The number of rotatable bonds is 4. The average Bonchev–Trinajstić information content (AvgIpc) is 3.14. The van der Waals surface area contributed by atoms with Gasteiger partial charge in [0.05, 0.1) is 17.3 Å². The molecule has 1 aliphatic carbocycles. The summed E-state index contributed by atoms with van der Waals surface area (Å²) in [6.07, 6.45) is 11.4. The second-order valence-corrected chi connectivity index (χ2v) is 8.91. The van der Waals surface area contributed by atoms with Crippen LogP contribution in [0.5, 0.6) is 0 Å². The fraction of sp³-hybridized carbons (Fsp3) is 0.435. The van der Waals surface area contributed by atoms with Crippen LogP contribution in [0.4, 0.5) is 0 Å². The highest BCUT2D eigenvalue weighted by Crippen LogP contribution is 2.39. The van der Waals surface area contributed by atoms with Gasteiger partial charge in [-0.15, -0.1) is 0 Å². The Morgan fingerprint density at radius 2 is 2.10 bits per heavy atom. The Balaban J connectivity index is 1.26. The Morgan fingerprint density at radius 1 is 1.20 bits per heavy atom. The lowest BCUT2D eigenvalue weighted by Crippen LogP contribution is -2.45. The second-order valence-electron chi connectivity index (χ2n) is 8.91. The van der Waals surface area contributed by atoms with E-state index >= 15 is 0 Å². The maximum Gasteiger partial charge on any atom is 0.244 e. The summed E-state index contributed by atoms with van der Waals surface area (Å²) in [6.45, 7) is 4.16. The summed E-state index contributed by atoms with van der Waals surface area (Å²) in [7, 11) is 0. The van der Waals surface area contributed by atoms with Crippen LogP contribution >= 0.6 is 0 Å². The summed E-state index contributed by atoms with van der Waals surface area (Å²) < 4.78 is 4.17. The fourth-order valence-corrected chi connectivity index (χ4v) is 4.87. The minimum atomic E-state index is 0.155. The Kier molecular flexibility index (Phi) is 3.97. The lowest BCUT2D eigenvalue weighted by atomic mass is 9.93. The Hall–Kier alpha value is -3.09. The van der Waals surface area contributed by atoms with Crippen LogP contribution in [0, 0.1) is 5.92 Å². The van der Waals surface area contributed by atoms with Gasteiger partial charge in [-0.05, 0) is 43.4 Å². The third kappa shape index (κ3) is 2.91. The first-order valence-corrected chi connectivity index (χ1v) is 10.9.